The number of hydrogen-bond acceptors (Lipinski definition) is 2. The van der Waals surface area contributed by atoms with E-state index in [0.29, 0.717) is 0 Å². The van der Waals surface area contributed by atoms with Crippen LogP contribution in [0.2, 0.25) is 0 Å². The monoisotopic (exact) mass is 190 g/mol. The van der Waals surface area contributed by atoms with Crippen molar-refractivity contribution in [3.63, 3.8) is 0 Å². The van der Waals surface area contributed by atoms with Crippen LogP contribution in [0.25, 0.3) is 11.1 Å². The van der Waals surface area contributed by atoms with Crippen molar-refractivity contribution in [2.24, 2.45) is 0 Å². The van der Waals surface area contributed by atoms with E-state index in [-0.39, 0.29) is 62.0 Å². The number of hydrogen-bond donors (Lipinski definition) is 2. The van der Waals surface area contributed by atoms with Gasteiger partial charge in [-0.15, -0.1) is 23.3 Å². The summed E-state index contributed by atoms with van der Waals surface area (Å²) in [6, 6.07) is 8.48. The van der Waals surface area contributed by atoms with Crippen LogP contribution in [0, 0.1) is 0 Å². The normalized spacial score (nSPS) is 7.40. The molecule has 46 valence electrons. The number of thiol groups is 2. The van der Waals surface area contributed by atoms with Gasteiger partial charge in [-0.2, -0.15) is 0 Å². The Morgan fingerprint density at radius 1 is 0.800 bits per heavy atom. The molecule has 0 aliphatic heterocycles. The van der Waals surface area contributed by atoms with Crippen LogP contribution < -0.4 is 59.1 Å². The molecule has 2 rings (SSSR count). The molecule has 0 bridgehead atoms. The van der Waals surface area contributed by atoms with Crippen LogP contribution in [0.5, 0.6) is 0 Å². The summed E-state index contributed by atoms with van der Waals surface area (Å²) >= 11 is 6.44. The summed E-state index contributed by atoms with van der Waals surface area (Å²) in [5.41, 5.74) is 2.85. The Morgan fingerprint density at radius 2 is 1.00 bits per heavy atom. The second kappa shape index (κ2) is 7.56. The molecule has 10 heavy (non-hydrogen) atoms. The van der Waals surface area contributed by atoms with Crippen LogP contribution in [0.4, 0.5) is 0 Å². The van der Waals surface area contributed by atoms with Crippen molar-refractivity contribution in [1.29, 1.82) is 0 Å². The van der Waals surface area contributed by atoms with E-state index in [9.17, 15) is 0 Å². The Balaban J connectivity index is -0.0000000507. The molecule has 2 aliphatic rings. The van der Waals surface area contributed by atoms with Crippen LogP contribution in [0.15, 0.2) is 24.3 Å². The van der Waals surface area contributed by atoms with Gasteiger partial charge < -0.3 is 2.85 Å². The summed E-state index contributed by atoms with van der Waals surface area (Å²) in [6.07, 6.45) is 0. The maximum atomic E-state index is 3.22. The third-order valence-corrected chi connectivity index (χ3v) is 1.22. The molecule has 0 spiro atoms. The zero-order chi connectivity index (χ0) is 5.98. The zero-order valence-electron chi connectivity index (χ0n) is 8.20. The van der Waals surface area contributed by atoms with Crippen molar-refractivity contribution >= 4 is 23.3 Å². The third kappa shape index (κ3) is 3.11. The van der Waals surface area contributed by atoms with Crippen LogP contribution in [0.1, 0.15) is 2.85 Å². The minimum atomic E-state index is 0. The molecule has 0 heterocycles. The first-order valence-corrected chi connectivity index (χ1v) is 3.87. The minimum absolute atomic E-state index is 0. The molecule has 4 heteroatoms. The van der Waals surface area contributed by atoms with Crippen molar-refractivity contribution in [3.8, 4) is 11.1 Å². The molecule has 0 aromatic heterocycles. The number of rotatable bonds is 0. The van der Waals surface area contributed by atoms with Gasteiger partial charge in [0.25, 0.3) is 0 Å². The molecule has 0 aromatic rings. The Morgan fingerprint density at radius 3 is 1.00 bits per heavy atom. The Hall–Kier alpha value is 1.92. The van der Waals surface area contributed by atoms with Gasteiger partial charge in [0.05, 0.1) is 0 Å². The van der Waals surface area contributed by atoms with Gasteiger partial charge in [-0.25, -0.2) is 0 Å². The van der Waals surface area contributed by atoms with Crippen LogP contribution in [-0.2, 0) is 0 Å². The quantitative estimate of drug-likeness (QED) is 0.242. The number of benzene rings is 1. The summed E-state index contributed by atoms with van der Waals surface area (Å²) < 4.78 is 0. The third-order valence-electron chi connectivity index (χ3n) is 1.22. The molecule has 0 N–H and O–H groups in total. The largest absolute Gasteiger partial charge is 1.00 e. The van der Waals surface area contributed by atoms with E-state index in [4.69, 9.17) is 0 Å². The molecular weight excluding hydrogens is 182 g/mol. The fourth-order valence-corrected chi connectivity index (χ4v) is 0.663. The van der Waals surface area contributed by atoms with Crippen LogP contribution in [0.3, 0.4) is 0 Å². The molecule has 0 atom stereocenters. The van der Waals surface area contributed by atoms with Gasteiger partial charge in [-0.05, 0) is 11.1 Å². The summed E-state index contributed by atoms with van der Waals surface area (Å²) in [5.74, 6) is 0. The maximum absolute atomic E-state index is 3.22. The molecular formula is C6H8Na2S2. The summed E-state index contributed by atoms with van der Waals surface area (Å²) in [4.78, 5) is 0. The summed E-state index contributed by atoms with van der Waals surface area (Å²) in [5, 5.41) is 0. The second-order valence-electron chi connectivity index (χ2n) is 1.58. The Labute approximate surface area is 119 Å². The molecule has 0 amide bonds. The Bertz CT molecular complexity index is 160. The molecule has 0 nitrogen and oxygen atoms in total. The molecule has 0 fully saturated rings. The minimum Gasteiger partial charge on any atom is -1.00 e. The molecule has 0 saturated carbocycles. The maximum Gasteiger partial charge on any atom is 1.00 e. The fraction of sp³-hybridized carbons (Fsp3) is 0. The smallest absolute Gasteiger partial charge is 1.00 e. The van der Waals surface area contributed by atoms with Gasteiger partial charge in [0.2, 0.25) is 0 Å². The van der Waals surface area contributed by atoms with E-state index in [0.717, 1.165) is 0 Å². The molecule has 0 radical (unpaired) electrons. The van der Waals surface area contributed by atoms with Crippen molar-refractivity contribution < 1.29 is 62.0 Å². The van der Waals surface area contributed by atoms with E-state index in [2.05, 4.69) is 47.6 Å². The van der Waals surface area contributed by atoms with E-state index in [1.165, 1.54) is 11.1 Å². The van der Waals surface area contributed by atoms with Crippen LogP contribution >= 0.6 is 23.3 Å². The average Bonchev–Trinajstić information content (AvgIpc) is 1.83. The average molecular weight is 190 g/mol. The fourth-order valence-electron chi connectivity index (χ4n) is 0.663. The van der Waals surface area contributed by atoms with Gasteiger partial charge in [0, 0.05) is 0 Å². The Kier molecular flexibility index (Phi) is 10.9. The first kappa shape index (κ1) is 14.4. The van der Waals surface area contributed by atoms with Gasteiger partial charge in [0.1, 0.15) is 0 Å². The van der Waals surface area contributed by atoms with E-state index in [1.807, 2.05) is 0 Å². The van der Waals surface area contributed by atoms with Gasteiger partial charge >= 0.3 is 59.1 Å². The predicted molar refractivity (Wildman–Crippen MR) is 45.6 cm³/mol. The molecule has 0 aromatic carbocycles. The van der Waals surface area contributed by atoms with Crippen LogP contribution in [-0.4, -0.2) is 0 Å². The second-order valence-corrected chi connectivity index (χ2v) is 1.58. The number of fused-ring (bicyclic) bond motifs is 1. The van der Waals surface area contributed by atoms with E-state index in [1.54, 1.807) is 0 Å². The van der Waals surface area contributed by atoms with Crippen molar-refractivity contribution in [1.82, 2.24) is 0 Å². The molecule has 0 saturated heterocycles. The van der Waals surface area contributed by atoms with E-state index < -0.39 is 0 Å². The van der Waals surface area contributed by atoms with Crippen molar-refractivity contribution in [2.45, 2.75) is 0 Å². The summed E-state index contributed by atoms with van der Waals surface area (Å²) in [7, 11) is 0. The predicted octanol–water partition coefficient (Wildman–Crippen LogP) is -3.34. The standard InChI is InChI=1S/C6H4.2Na.H2S2.2H/c1-2-6-4-3-5(1)6;;;1-2;;/h1-4H;;;1-2H;;/q;2*+1;;2*-1. The molecule has 2 aliphatic carbocycles. The molecule has 0 unspecified atom stereocenters. The van der Waals surface area contributed by atoms with Crippen molar-refractivity contribution in [2.75, 3.05) is 0 Å². The van der Waals surface area contributed by atoms with Crippen molar-refractivity contribution in [3.05, 3.63) is 24.3 Å². The zero-order valence-corrected chi connectivity index (χ0v) is 12.0. The topological polar surface area (TPSA) is 0 Å². The SMILES string of the molecule is SS.[H-].[H-].[Na+].[Na+].c1cc2ccc1-2. The van der Waals surface area contributed by atoms with E-state index >= 15 is 0 Å². The first-order chi connectivity index (χ1) is 3.97. The van der Waals surface area contributed by atoms with Gasteiger partial charge in [-0.3, -0.25) is 0 Å². The summed E-state index contributed by atoms with van der Waals surface area (Å²) in [6.45, 7) is 0. The van der Waals surface area contributed by atoms with Gasteiger partial charge in [-0.1, -0.05) is 24.3 Å². The van der Waals surface area contributed by atoms with Gasteiger partial charge in [0.15, 0.2) is 0 Å². The first-order valence-electron chi connectivity index (χ1n) is 2.27.